The molecule has 2 saturated carbocycles. The van der Waals surface area contributed by atoms with Crippen LogP contribution in [0.3, 0.4) is 0 Å². The smallest absolute Gasteiger partial charge is 0.309 e. The Labute approximate surface area is 78.1 Å². The van der Waals surface area contributed by atoms with E-state index in [-0.39, 0.29) is 23.4 Å². The minimum Gasteiger partial charge on any atom is -0.466 e. The van der Waals surface area contributed by atoms with Crippen LogP contribution in [0.2, 0.25) is 0 Å². The summed E-state index contributed by atoms with van der Waals surface area (Å²) in [6.45, 7) is 4.33. The molecule has 3 heteroatoms. The van der Waals surface area contributed by atoms with Crippen LogP contribution in [0.4, 0.5) is 0 Å². The molecule has 0 heterocycles. The lowest BCUT2D eigenvalue weighted by atomic mass is 9.92. The van der Waals surface area contributed by atoms with Crippen molar-refractivity contribution in [3.8, 4) is 0 Å². The standard InChI is InChI=1S/C10H16O3/c1-3-13-9(12)6-4-8(11)7-5-10(6,7)2/h6-8,11H,3-5H2,1-2H3/t6-,7-,8-,10+/m0/s1. The third-order valence-electron chi connectivity index (χ3n) is 3.66. The van der Waals surface area contributed by atoms with E-state index in [1.54, 1.807) is 0 Å². The van der Waals surface area contributed by atoms with Crippen molar-refractivity contribution in [1.82, 2.24) is 0 Å². The predicted molar refractivity (Wildman–Crippen MR) is 47.0 cm³/mol. The van der Waals surface area contributed by atoms with Gasteiger partial charge in [0.1, 0.15) is 0 Å². The minimum absolute atomic E-state index is 0.0473. The van der Waals surface area contributed by atoms with Gasteiger partial charge in [-0.2, -0.15) is 0 Å². The van der Waals surface area contributed by atoms with E-state index in [9.17, 15) is 9.90 Å². The third-order valence-corrected chi connectivity index (χ3v) is 3.66. The van der Waals surface area contributed by atoms with Crippen molar-refractivity contribution < 1.29 is 14.6 Å². The van der Waals surface area contributed by atoms with Crippen molar-refractivity contribution in [2.24, 2.45) is 17.3 Å². The highest BCUT2D eigenvalue weighted by atomic mass is 16.5. The second kappa shape index (κ2) is 2.71. The monoisotopic (exact) mass is 184 g/mol. The van der Waals surface area contributed by atoms with Gasteiger partial charge >= 0.3 is 5.97 Å². The fraction of sp³-hybridized carbons (Fsp3) is 0.900. The van der Waals surface area contributed by atoms with Gasteiger partial charge in [0, 0.05) is 0 Å². The number of aliphatic hydroxyl groups is 1. The molecule has 0 spiro atoms. The van der Waals surface area contributed by atoms with Crippen molar-refractivity contribution in [2.45, 2.75) is 32.8 Å². The molecule has 4 atom stereocenters. The summed E-state index contributed by atoms with van der Waals surface area (Å²) in [5.74, 6) is 0.165. The number of carbonyl (C=O) groups excluding carboxylic acids is 1. The van der Waals surface area contributed by atoms with E-state index < -0.39 is 0 Å². The Balaban J connectivity index is 2.05. The Morgan fingerprint density at radius 3 is 2.77 bits per heavy atom. The molecule has 0 unspecified atom stereocenters. The number of hydrogen-bond donors (Lipinski definition) is 1. The molecule has 0 saturated heterocycles. The molecule has 2 rings (SSSR count). The molecule has 3 nitrogen and oxygen atoms in total. The Hall–Kier alpha value is -0.570. The van der Waals surface area contributed by atoms with E-state index >= 15 is 0 Å². The van der Waals surface area contributed by atoms with Gasteiger partial charge in [0.25, 0.3) is 0 Å². The lowest BCUT2D eigenvalue weighted by Crippen LogP contribution is -2.23. The van der Waals surface area contributed by atoms with Crippen LogP contribution in [-0.4, -0.2) is 23.8 Å². The minimum atomic E-state index is -0.278. The highest BCUT2D eigenvalue weighted by Crippen LogP contribution is 2.66. The van der Waals surface area contributed by atoms with Crippen molar-refractivity contribution in [1.29, 1.82) is 0 Å². The highest BCUT2D eigenvalue weighted by molar-refractivity contribution is 5.75. The first-order valence-corrected chi connectivity index (χ1v) is 4.94. The summed E-state index contributed by atoms with van der Waals surface area (Å²) in [6.07, 6.45) is 1.30. The van der Waals surface area contributed by atoms with Crippen LogP contribution in [0.1, 0.15) is 26.7 Å². The van der Waals surface area contributed by atoms with Gasteiger partial charge in [0.15, 0.2) is 0 Å². The number of esters is 1. The summed E-state index contributed by atoms with van der Waals surface area (Å²) in [5.41, 5.74) is 0.0473. The van der Waals surface area contributed by atoms with Crippen LogP contribution in [0, 0.1) is 17.3 Å². The number of hydrogen-bond acceptors (Lipinski definition) is 3. The lowest BCUT2D eigenvalue weighted by Gasteiger charge is -2.16. The average molecular weight is 184 g/mol. The summed E-state index contributed by atoms with van der Waals surface area (Å²) in [6, 6.07) is 0. The number of aliphatic hydroxyl groups excluding tert-OH is 1. The zero-order valence-corrected chi connectivity index (χ0v) is 8.12. The van der Waals surface area contributed by atoms with E-state index in [0.717, 1.165) is 6.42 Å². The first kappa shape index (κ1) is 9.00. The average Bonchev–Trinajstić information content (AvgIpc) is 2.68. The number of ether oxygens (including phenoxy) is 1. The van der Waals surface area contributed by atoms with Crippen LogP contribution < -0.4 is 0 Å². The molecule has 2 fully saturated rings. The lowest BCUT2D eigenvalue weighted by molar-refractivity contribution is -0.150. The highest BCUT2D eigenvalue weighted by Gasteiger charge is 2.66. The zero-order valence-electron chi connectivity index (χ0n) is 8.12. The summed E-state index contributed by atoms with van der Waals surface area (Å²) in [5, 5.41) is 9.58. The quantitative estimate of drug-likeness (QED) is 0.650. The molecular weight excluding hydrogens is 168 g/mol. The van der Waals surface area contributed by atoms with Gasteiger partial charge in [-0.15, -0.1) is 0 Å². The second-order valence-corrected chi connectivity index (χ2v) is 4.42. The number of fused-ring (bicyclic) bond motifs is 1. The van der Waals surface area contributed by atoms with E-state index in [1.807, 2.05) is 6.92 Å². The molecule has 0 aromatic rings. The van der Waals surface area contributed by atoms with Crippen molar-refractivity contribution >= 4 is 5.97 Å². The molecule has 2 aliphatic rings. The Bertz CT molecular complexity index is 238. The summed E-state index contributed by atoms with van der Waals surface area (Å²) in [4.78, 5) is 11.5. The van der Waals surface area contributed by atoms with Gasteiger partial charge in [0.05, 0.1) is 18.6 Å². The summed E-state index contributed by atoms with van der Waals surface area (Å²) in [7, 11) is 0. The van der Waals surface area contributed by atoms with Gasteiger partial charge in [-0.1, -0.05) is 6.92 Å². The molecule has 1 N–H and O–H groups in total. The van der Waals surface area contributed by atoms with Gasteiger partial charge in [-0.3, -0.25) is 4.79 Å². The van der Waals surface area contributed by atoms with Gasteiger partial charge in [-0.05, 0) is 31.1 Å². The van der Waals surface area contributed by atoms with Gasteiger partial charge in [-0.25, -0.2) is 0 Å². The van der Waals surface area contributed by atoms with Gasteiger partial charge < -0.3 is 9.84 Å². The molecule has 0 bridgehead atoms. The summed E-state index contributed by atoms with van der Waals surface area (Å²) < 4.78 is 4.99. The second-order valence-electron chi connectivity index (χ2n) is 4.42. The maximum absolute atomic E-state index is 11.5. The first-order valence-electron chi connectivity index (χ1n) is 4.94. The molecule has 13 heavy (non-hydrogen) atoms. The first-order chi connectivity index (χ1) is 6.09. The largest absolute Gasteiger partial charge is 0.466 e. The maximum atomic E-state index is 11.5. The molecule has 74 valence electrons. The SMILES string of the molecule is CCOC(=O)[C@@H]1C[C@H](O)[C@@H]2C[C@]12C. The van der Waals surface area contributed by atoms with Crippen LogP contribution in [-0.2, 0) is 9.53 Å². The molecule has 0 amide bonds. The topological polar surface area (TPSA) is 46.5 Å². The van der Waals surface area contributed by atoms with Crippen molar-refractivity contribution in [2.75, 3.05) is 6.61 Å². The molecule has 0 radical (unpaired) electrons. The molecule has 0 aromatic carbocycles. The van der Waals surface area contributed by atoms with Crippen LogP contribution in [0.15, 0.2) is 0 Å². The molecular formula is C10H16O3. The number of rotatable bonds is 2. The van der Waals surface area contributed by atoms with E-state index in [1.165, 1.54) is 0 Å². The maximum Gasteiger partial charge on any atom is 0.309 e. The van der Waals surface area contributed by atoms with Gasteiger partial charge in [0.2, 0.25) is 0 Å². The van der Waals surface area contributed by atoms with E-state index in [0.29, 0.717) is 18.9 Å². The van der Waals surface area contributed by atoms with Crippen molar-refractivity contribution in [3.05, 3.63) is 0 Å². The fourth-order valence-electron chi connectivity index (χ4n) is 2.67. The fourth-order valence-corrected chi connectivity index (χ4v) is 2.67. The zero-order chi connectivity index (χ0) is 9.64. The number of carbonyl (C=O) groups is 1. The van der Waals surface area contributed by atoms with Crippen molar-refractivity contribution in [3.63, 3.8) is 0 Å². The Morgan fingerprint density at radius 1 is 1.69 bits per heavy atom. The molecule has 2 aliphatic carbocycles. The van der Waals surface area contributed by atoms with Crippen LogP contribution in [0.5, 0.6) is 0 Å². The normalized spacial score (nSPS) is 47.2. The Kier molecular flexibility index (Phi) is 1.88. The predicted octanol–water partition coefficient (Wildman–Crippen LogP) is 0.957. The molecule has 0 aliphatic heterocycles. The van der Waals surface area contributed by atoms with Crippen LogP contribution in [0.25, 0.3) is 0 Å². The van der Waals surface area contributed by atoms with E-state index in [4.69, 9.17) is 4.74 Å². The molecule has 0 aromatic heterocycles. The summed E-state index contributed by atoms with van der Waals surface area (Å²) >= 11 is 0. The third kappa shape index (κ3) is 1.17. The van der Waals surface area contributed by atoms with E-state index in [2.05, 4.69) is 6.92 Å². The Morgan fingerprint density at radius 2 is 2.38 bits per heavy atom. The van der Waals surface area contributed by atoms with Crippen LogP contribution >= 0.6 is 0 Å².